The number of hydrogen-bond acceptors (Lipinski definition) is 6. The molecule has 1 aromatic carbocycles. The predicted molar refractivity (Wildman–Crippen MR) is 94.1 cm³/mol. The minimum Gasteiger partial charge on any atom is -0.462 e. The number of thioether (sulfide) groups is 1. The molecule has 1 fully saturated rings. The highest BCUT2D eigenvalue weighted by Gasteiger charge is 2.34. The van der Waals surface area contributed by atoms with Crippen molar-refractivity contribution in [3.05, 3.63) is 29.8 Å². The molecule has 128 valence electrons. The van der Waals surface area contributed by atoms with Crippen molar-refractivity contribution >= 4 is 17.7 Å². The van der Waals surface area contributed by atoms with Gasteiger partial charge in [-0.3, -0.25) is 4.79 Å². The van der Waals surface area contributed by atoms with E-state index in [-0.39, 0.29) is 22.7 Å². The quantitative estimate of drug-likeness (QED) is 0.680. The molecule has 0 amide bonds. The summed E-state index contributed by atoms with van der Waals surface area (Å²) in [5.74, 6) is 6.50. The highest BCUT2D eigenvalue weighted by atomic mass is 32.2. The highest BCUT2D eigenvalue weighted by molar-refractivity contribution is 8.00. The van der Waals surface area contributed by atoms with E-state index in [1.807, 2.05) is 19.1 Å². The Morgan fingerprint density at radius 1 is 1.25 bits per heavy atom. The van der Waals surface area contributed by atoms with Gasteiger partial charge in [0.1, 0.15) is 11.4 Å². The van der Waals surface area contributed by atoms with Crippen LogP contribution in [0, 0.1) is 0 Å². The summed E-state index contributed by atoms with van der Waals surface area (Å²) in [6.45, 7) is 8.39. The zero-order valence-corrected chi connectivity index (χ0v) is 15.1. The van der Waals surface area contributed by atoms with E-state index in [1.54, 1.807) is 0 Å². The van der Waals surface area contributed by atoms with Gasteiger partial charge in [0.15, 0.2) is 5.82 Å². The lowest BCUT2D eigenvalue weighted by Gasteiger charge is -2.19. The van der Waals surface area contributed by atoms with Crippen LogP contribution in [0.1, 0.15) is 39.7 Å². The van der Waals surface area contributed by atoms with Gasteiger partial charge in [-0.15, -0.1) is 10.2 Å². The Balaban J connectivity index is 1.81. The molecular weight excluding hydrogens is 324 g/mol. The predicted octanol–water partition coefficient (Wildman–Crippen LogP) is 2.75. The molecule has 7 heteroatoms. The highest BCUT2D eigenvalue weighted by Crippen LogP contribution is 2.32. The van der Waals surface area contributed by atoms with Gasteiger partial charge in [0.2, 0.25) is 5.16 Å². The maximum atomic E-state index is 11.8. The van der Waals surface area contributed by atoms with Gasteiger partial charge < -0.3 is 10.6 Å². The minimum absolute atomic E-state index is 0.0615. The zero-order chi connectivity index (χ0) is 17.5. The van der Waals surface area contributed by atoms with E-state index in [9.17, 15) is 4.79 Å². The molecular formula is C17H22N4O2S. The first-order valence-corrected chi connectivity index (χ1v) is 8.82. The Labute approximate surface area is 145 Å². The number of nitrogen functional groups attached to an aromatic ring is 1. The summed E-state index contributed by atoms with van der Waals surface area (Å²) in [4.78, 5) is 11.8. The van der Waals surface area contributed by atoms with Crippen LogP contribution in [0.25, 0.3) is 11.4 Å². The molecule has 0 unspecified atom stereocenters. The first kappa shape index (κ1) is 16.8. The van der Waals surface area contributed by atoms with E-state index in [0.29, 0.717) is 17.4 Å². The number of esters is 1. The van der Waals surface area contributed by atoms with Crippen molar-refractivity contribution in [3.63, 3.8) is 0 Å². The minimum atomic E-state index is -0.275. The van der Waals surface area contributed by atoms with Crippen molar-refractivity contribution in [2.45, 2.75) is 56.0 Å². The van der Waals surface area contributed by atoms with Gasteiger partial charge in [-0.2, -0.15) is 0 Å². The van der Waals surface area contributed by atoms with Gasteiger partial charge >= 0.3 is 5.97 Å². The van der Waals surface area contributed by atoms with Crippen LogP contribution >= 0.6 is 11.8 Å². The van der Waals surface area contributed by atoms with Gasteiger partial charge in [0.25, 0.3) is 0 Å². The third-order valence-corrected chi connectivity index (χ3v) is 5.21. The Bertz CT molecular complexity index is 749. The molecule has 24 heavy (non-hydrogen) atoms. The Kier molecular flexibility index (Phi) is 4.29. The molecule has 0 aliphatic carbocycles. The topological polar surface area (TPSA) is 83.0 Å². The van der Waals surface area contributed by atoms with Crippen molar-refractivity contribution in [2.75, 3.05) is 5.84 Å². The van der Waals surface area contributed by atoms with Crippen LogP contribution in [0.5, 0.6) is 0 Å². The molecule has 1 aliphatic rings. The lowest BCUT2D eigenvalue weighted by atomic mass is 9.87. The number of carbonyl (C=O) groups excluding carboxylic acids is 1. The fourth-order valence-corrected chi connectivity index (χ4v) is 3.68. The number of nitrogens with zero attached hydrogens (tertiary/aromatic N) is 3. The van der Waals surface area contributed by atoms with Crippen LogP contribution in [0.3, 0.4) is 0 Å². The Morgan fingerprint density at radius 2 is 1.92 bits per heavy atom. The van der Waals surface area contributed by atoms with Gasteiger partial charge in [0, 0.05) is 12.0 Å². The number of benzene rings is 1. The molecule has 1 aromatic heterocycles. The molecule has 0 bridgehead atoms. The van der Waals surface area contributed by atoms with Gasteiger partial charge in [-0.05, 0) is 17.9 Å². The SMILES string of the molecule is C[C@H]1C[C@H](Sc2nnc(-c3ccc(C(C)(C)C)cc3)n2N)C(=O)O1. The summed E-state index contributed by atoms with van der Waals surface area (Å²) < 4.78 is 6.60. The van der Waals surface area contributed by atoms with E-state index in [0.717, 1.165) is 5.56 Å². The summed E-state index contributed by atoms with van der Waals surface area (Å²) in [6.07, 6.45) is 0.597. The van der Waals surface area contributed by atoms with E-state index >= 15 is 0 Å². The smallest absolute Gasteiger partial charge is 0.319 e. The number of carbonyl (C=O) groups is 1. The lowest BCUT2D eigenvalue weighted by molar-refractivity contribution is -0.140. The van der Waals surface area contributed by atoms with Crippen LogP contribution in [0.2, 0.25) is 0 Å². The Hall–Kier alpha value is -2.02. The second-order valence-electron chi connectivity index (χ2n) is 7.09. The largest absolute Gasteiger partial charge is 0.462 e. The number of nitrogens with two attached hydrogens (primary N) is 1. The van der Waals surface area contributed by atoms with Crippen LogP contribution in [0.15, 0.2) is 29.4 Å². The first-order chi connectivity index (χ1) is 11.3. The van der Waals surface area contributed by atoms with Crippen molar-refractivity contribution in [3.8, 4) is 11.4 Å². The van der Waals surface area contributed by atoms with Gasteiger partial charge in [-0.25, -0.2) is 4.68 Å². The van der Waals surface area contributed by atoms with Crippen molar-refractivity contribution in [1.29, 1.82) is 0 Å². The molecule has 1 aliphatic heterocycles. The molecule has 0 radical (unpaired) electrons. The average molecular weight is 346 g/mol. The maximum absolute atomic E-state index is 11.8. The molecule has 2 aromatic rings. The standard InChI is InChI=1S/C17H22N4O2S/c1-10-9-13(15(22)23-10)24-16-20-19-14(21(16)18)11-5-7-12(8-6-11)17(2,3)4/h5-8,10,13H,9,18H2,1-4H3/t10-,13-/m0/s1. The molecule has 2 atom stereocenters. The first-order valence-electron chi connectivity index (χ1n) is 7.94. The molecule has 2 N–H and O–H groups in total. The van der Waals surface area contributed by atoms with Crippen molar-refractivity contribution < 1.29 is 9.53 Å². The maximum Gasteiger partial charge on any atom is 0.319 e. The fourth-order valence-electron chi connectivity index (χ4n) is 2.62. The molecule has 3 rings (SSSR count). The number of ether oxygens (including phenoxy) is 1. The number of rotatable bonds is 3. The number of hydrogen-bond donors (Lipinski definition) is 1. The molecule has 2 heterocycles. The average Bonchev–Trinajstić information content (AvgIpc) is 3.02. The lowest BCUT2D eigenvalue weighted by Crippen LogP contribution is -2.16. The Morgan fingerprint density at radius 3 is 2.46 bits per heavy atom. The number of cyclic esters (lactones) is 1. The zero-order valence-electron chi connectivity index (χ0n) is 14.3. The van der Waals surface area contributed by atoms with Crippen LogP contribution < -0.4 is 5.84 Å². The van der Waals surface area contributed by atoms with Gasteiger partial charge in [-0.1, -0.05) is 56.8 Å². The van der Waals surface area contributed by atoms with Crippen molar-refractivity contribution in [2.24, 2.45) is 0 Å². The van der Waals surface area contributed by atoms with E-state index in [1.165, 1.54) is 22.0 Å². The van der Waals surface area contributed by atoms with Gasteiger partial charge in [0.05, 0.1) is 0 Å². The monoisotopic (exact) mass is 346 g/mol. The summed E-state index contributed by atoms with van der Waals surface area (Å²) >= 11 is 1.30. The summed E-state index contributed by atoms with van der Waals surface area (Å²) in [5, 5.41) is 8.55. The normalized spacial score (nSPS) is 21.1. The third-order valence-electron chi connectivity index (χ3n) is 4.05. The fraction of sp³-hybridized carbons (Fsp3) is 0.471. The summed E-state index contributed by atoms with van der Waals surface area (Å²) in [6, 6.07) is 8.14. The molecule has 1 saturated heterocycles. The van der Waals surface area contributed by atoms with Crippen LogP contribution in [-0.2, 0) is 14.9 Å². The molecule has 6 nitrogen and oxygen atoms in total. The molecule has 0 spiro atoms. The molecule has 0 saturated carbocycles. The number of aromatic nitrogens is 3. The van der Waals surface area contributed by atoms with E-state index < -0.39 is 0 Å². The second kappa shape index (κ2) is 6.12. The van der Waals surface area contributed by atoms with Crippen LogP contribution in [-0.4, -0.2) is 32.2 Å². The summed E-state index contributed by atoms with van der Waals surface area (Å²) in [5.41, 5.74) is 2.23. The van der Waals surface area contributed by atoms with E-state index in [2.05, 4.69) is 43.1 Å². The van der Waals surface area contributed by atoms with E-state index in [4.69, 9.17) is 10.6 Å². The summed E-state index contributed by atoms with van der Waals surface area (Å²) in [7, 11) is 0. The second-order valence-corrected chi connectivity index (χ2v) is 8.26. The van der Waals surface area contributed by atoms with Crippen LogP contribution in [0.4, 0.5) is 0 Å². The van der Waals surface area contributed by atoms with Crippen molar-refractivity contribution in [1.82, 2.24) is 14.9 Å². The third kappa shape index (κ3) is 3.26.